The summed E-state index contributed by atoms with van der Waals surface area (Å²) in [4.78, 5) is 42.1. The average Bonchev–Trinajstić information content (AvgIpc) is 3.50. The first-order chi connectivity index (χ1) is 16.8. The van der Waals surface area contributed by atoms with Gasteiger partial charge in [0, 0.05) is 57.0 Å². The van der Waals surface area contributed by atoms with E-state index in [1.807, 2.05) is 0 Å². The molecule has 0 bridgehead atoms. The maximum atomic E-state index is 13.2. The molecule has 2 amide bonds. The van der Waals surface area contributed by atoms with Crippen LogP contribution in [0.15, 0.2) is 57.6 Å². The Bertz CT molecular complexity index is 1180. The summed E-state index contributed by atoms with van der Waals surface area (Å²) in [6, 6.07) is 11.7. The van der Waals surface area contributed by atoms with Crippen LogP contribution in [0.25, 0.3) is 0 Å². The molecular weight excluding hydrogens is 452 g/mol. The van der Waals surface area contributed by atoms with Crippen molar-refractivity contribution in [3.8, 4) is 0 Å². The molecular formula is C25H28N4O6. The van der Waals surface area contributed by atoms with Gasteiger partial charge in [-0.1, -0.05) is 0 Å². The molecule has 1 saturated heterocycles. The second-order valence-electron chi connectivity index (χ2n) is 8.52. The van der Waals surface area contributed by atoms with Crippen LogP contribution in [-0.2, 0) is 11.3 Å². The highest BCUT2D eigenvalue weighted by Crippen LogP contribution is 2.22. The van der Waals surface area contributed by atoms with Crippen LogP contribution in [0.1, 0.15) is 34.1 Å². The lowest BCUT2D eigenvalue weighted by molar-refractivity contribution is -0.384. The van der Waals surface area contributed by atoms with E-state index >= 15 is 0 Å². The number of anilines is 1. The zero-order valence-corrected chi connectivity index (χ0v) is 19.8. The average molecular weight is 481 g/mol. The van der Waals surface area contributed by atoms with E-state index in [1.54, 1.807) is 60.2 Å². The first-order valence-corrected chi connectivity index (χ1v) is 11.5. The number of nitrogens with zero attached hydrogens (tertiary/aromatic N) is 4. The van der Waals surface area contributed by atoms with Crippen molar-refractivity contribution in [3.63, 3.8) is 0 Å². The third-order valence-electron chi connectivity index (χ3n) is 6.14. The Kier molecular flexibility index (Phi) is 7.19. The number of piperazine rings is 1. The molecule has 10 heteroatoms. The monoisotopic (exact) mass is 480 g/mol. The molecule has 4 rings (SSSR count). The van der Waals surface area contributed by atoms with Gasteiger partial charge in [-0.3, -0.25) is 19.7 Å². The molecule has 10 nitrogen and oxygen atoms in total. The van der Waals surface area contributed by atoms with E-state index in [2.05, 4.69) is 4.90 Å². The van der Waals surface area contributed by atoms with Crippen molar-refractivity contribution >= 4 is 23.2 Å². The molecule has 2 aromatic heterocycles. The molecule has 0 radical (unpaired) electrons. The van der Waals surface area contributed by atoms with Crippen LogP contribution in [-0.4, -0.2) is 59.3 Å². The fourth-order valence-electron chi connectivity index (χ4n) is 4.24. The number of non-ortho nitro benzene ring substituents is 1. The standard InChI is InChI=1S/C25H28N4O6/c1-18-16-23(19(2)35-18)25(31)28(17-22-4-3-15-34-22)10-9-24(30)27-13-11-26(12-14-27)20-5-7-21(8-6-20)29(32)33/h3-8,15-16H,9-14,17H2,1-2H3. The van der Waals surface area contributed by atoms with Crippen molar-refractivity contribution in [2.24, 2.45) is 0 Å². The highest BCUT2D eigenvalue weighted by molar-refractivity contribution is 5.95. The summed E-state index contributed by atoms with van der Waals surface area (Å²) in [5.74, 6) is 1.62. The predicted octanol–water partition coefficient (Wildman–Crippen LogP) is 3.78. The number of carbonyl (C=O) groups excluding carboxylic acids is 2. The van der Waals surface area contributed by atoms with Crippen LogP contribution >= 0.6 is 0 Å². The van der Waals surface area contributed by atoms with Crippen LogP contribution in [0.5, 0.6) is 0 Å². The van der Waals surface area contributed by atoms with Gasteiger partial charge in [0.05, 0.1) is 23.3 Å². The van der Waals surface area contributed by atoms with Crippen LogP contribution in [0.3, 0.4) is 0 Å². The van der Waals surface area contributed by atoms with Crippen LogP contribution in [0.2, 0.25) is 0 Å². The molecule has 3 aromatic rings. The largest absolute Gasteiger partial charge is 0.467 e. The summed E-state index contributed by atoms with van der Waals surface area (Å²) in [5.41, 5.74) is 1.43. The quantitative estimate of drug-likeness (QED) is 0.356. The lowest BCUT2D eigenvalue weighted by atomic mass is 10.2. The van der Waals surface area contributed by atoms with Gasteiger partial charge < -0.3 is 23.5 Å². The number of nitro benzene ring substituents is 1. The van der Waals surface area contributed by atoms with E-state index in [0.717, 1.165) is 5.69 Å². The second kappa shape index (κ2) is 10.5. The Morgan fingerprint density at radius 1 is 1.09 bits per heavy atom. The Balaban J connectivity index is 1.35. The van der Waals surface area contributed by atoms with Gasteiger partial charge in [-0.25, -0.2) is 0 Å². The topological polar surface area (TPSA) is 113 Å². The van der Waals surface area contributed by atoms with Gasteiger partial charge in [0.2, 0.25) is 5.91 Å². The number of aryl methyl sites for hydroxylation is 2. The van der Waals surface area contributed by atoms with Gasteiger partial charge in [-0.05, 0) is 44.2 Å². The molecule has 0 unspecified atom stereocenters. The number of furan rings is 2. The summed E-state index contributed by atoms with van der Waals surface area (Å²) < 4.78 is 10.9. The maximum absolute atomic E-state index is 13.2. The van der Waals surface area contributed by atoms with Crippen molar-refractivity contribution in [2.45, 2.75) is 26.8 Å². The smallest absolute Gasteiger partial charge is 0.269 e. The molecule has 0 N–H and O–H groups in total. The van der Waals surface area contributed by atoms with Crippen molar-refractivity contribution in [2.75, 3.05) is 37.6 Å². The number of amides is 2. The zero-order chi connectivity index (χ0) is 24.9. The van der Waals surface area contributed by atoms with E-state index in [1.165, 1.54) is 12.1 Å². The minimum Gasteiger partial charge on any atom is -0.467 e. The molecule has 1 aliphatic rings. The number of hydrogen-bond acceptors (Lipinski definition) is 7. The molecule has 184 valence electrons. The Morgan fingerprint density at radius 2 is 1.80 bits per heavy atom. The Hall–Kier alpha value is -4.08. The van der Waals surface area contributed by atoms with Gasteiger partial charge in [0.25, 0.3) is 11.6 Å². The third-order valence-corrected chi connectivity index (χ3v) is 6.14. The van der Waals surface area contributed by atoms with Gasteiger partial charge >= 0.3 is 0 Å². The lowest BCUT2D eigenvalue weighted by Gasteiger charge is -2.36. The summed E-state index contributed by atoms with van der Waals surface area (Å²) in [7, 11) is 0. The van der Waals surface area contributed by atoms with Crippen molar-refractivity contribution < 1.29 is 23.3 Å². The normalized spacial score (nSPS) is 13.7. The Labute approximate surface area is 202 Å². The summed E-state index contributed by atoms with van der Waals surface area (Å²) in [5, 5.41) is 10.9. The second-order valence-corrected chi connectivity index (χ2v) is 8.52. The molecule has 3 heterocycles. The number of benzene rings is 1. The van der Waals surface area contributed by atoms with Gasteiger partial charge in [0.15, 0.2) is 0 Å². The molecule has 0 spiro atoms. The van der Waals surface area contributed by atoms with Gasteiger partial charge in [0.1, 0.15) is 17.3 Å². The van der Waals surface area contributed by atoms with E-state index in [0.29, 0.717) is 49.0 Å². The zero-order valence-electron chi connectivity index (χ0n) is 19.8. The van der Waals surface area contributed by atoms with E-state index in [4.69, 9.17) is 8.83 Å². The first-order valence-electron chi connectivity index (χ1n) is 11.5. The number of rotatable bonds is 8. The highest BCUT2D eigenvalue weighted by atomic mass is 16.6. The van der Waals surface area contributed by atoms with Crippen LogP contribution in [0.4, 0.5) is 11.4 Å². The fraction of sp³-hybridized carbons (Fsp3) is 0.360. The van der Waals surface area contributed by atoms with Gasteiger partial charge in [-0.2, -0.15) is 0 Å². The fourth-order valence-corrected chi connectivity index (χ4v) is 4.24. The van der Waals surface area contributed by atoms with Crippen molar-refractivity contribution in [1.82, 2.24) is 9.80 Å². The molecule has 0 aliphatic carbocycles. The SMILES string of the molecule is Cc1cc(C(=O)N(CCC(=O)N2CCN(c3ccc([N+](=O)[O-])cc3)CC2)Cc2ccco2)c(C)o1. The number of carbonyl (C=O) groups is 2. The maximum Gasteiger partial charge on any atom is 0.269 e. The molecule has 0 saturated carbocycles. The van der Waals surface area contributed by atoms with Crippen molar-refractivity contribution in [3.05, 3.63) is 81.7 Å². The van der Waals surface area contributed by atoms with E-state index < -0.39 is 4.92 Å². The molecule has 1 aromatic carbocycles. The Morgan fingerprint density at radius 3 is 2.37 bits per heavy atom. The highest BCUT2D eigenvalue weighted by Gasteiger charge is 2.25. The third kappa shape index (κ3) is 5.71. The van der Waals surface area contributed by atoms with Crippen molar-refractivity contribution in [1.29, 1.82) is 0 Å². The van der Waals surface area contributed by atoms with Crippen LogP contribution < -0.4 is 4.90 Å². The molecule has 1 aliphatic heterocycles. The number of nitro groups is 1. The first kappa shape index (κ1) is 24.1. The minimum atomic E-state index is -0.421. The summed E-state index contributed by atoms with van der Waals surface area (Å²) in [6.45, 7) is 6.41. The van der Waals surface area contributed by atoms with Crippen LogP contribution in [0, 0.1) is 24.0 Å². The molecule has 1 fully saturated rings. The summed E-state index contributed by atoms with van der Waals surface area (Å²) in [6.07, 6.45) is 1.75. The lowest BCUT2D eigenvalue weighted by Crippen LogP contribution is -2.49. The molecule has 35 heavy (non-hydrogen) atoms. The summed E-state index contributed by atoms with van der Waals surface area (Å²) >= 11 is 0. The molecule has 0 atom stereocenters. The minimum absolute atomic E-state index is 0.0225. The van der Waals surface area contributed by atoms with Gasteiger partial charge in [-0.15, -0.1) is 0 Å². The predicted molar refractivity (Wildman–Crippen MR) is 128 cm³/mol. The van der Waals surface area contributed by atoms with E-state index in [9.17, 15) is 19.7 Å². The number of hydrogen-bond donors (Lipinski definition) is 0. The van der Waals surface area contributed by atoms with E-state index in [-0.39, 0.29) is 37.0 Å².